The first kappa shape index (κ1) is 19.2. The van der Waals surface area contributed by atoms with Crippen LogP contribution in [-0.4, -0.2) is 32.6 Å². The number of urea groups is 1. The summed E-state index contributed by atoms with van der Waals surface area (Å²) in [5.74, 6) is -0.600. The van der Waals surface area contributed by atoms with E-state index in [0.717, 1.165) is 11.3 Å². The van der Waals surface area contributed by atoms with E-state index >= 15 is 0 Å². The highest BCUT2D eigenvalue weighted by molar-refractivity contribution is 6.01. The molecule has 0 fully saturated rings. The van der Waals surface area contributed by atoms with Gasteiger partial charge in [-0.05, 0) is 42.8 Å². The third-order valence-electron chi connectivity index (χ3n) is 3.68. The molecule has 0 aliphatic rings. The molecule has 138 valence electrons. The summed E-state index contributed by atoms with van der Waals surface area (Å²) in [7, 11) is 3.67. The van der Waals surface area contributed by atoms with E-state index in [9.17, 15) is 14.0 Å². The molecule has 0 saturated heterocycles. The third kappa shape index (κ3) is 5.20. The molecule has 2 aromatic rings. The molecule has 0 spiro atoms. The Morgan fingerprint density at radius 3 is 2.35 bits per heavy atom. The highest BCUT2D eigenvalue weighted by Crippen LogP contribution is 2.23. The van der Waals surface area contributed by atoms with Crippen LogP contribution in [0.5, 0.6) is 0 Å². The Kier molecular flexibility index (Phi) is 6.54. The van der Waals surface area contributed by atoms with Crippen LogP contribution < -0.4 is 20.9 Å². The SMILES string of the molecule is CCNC(=O)Nc1ccc(N(C)C)c(C(=O)NCc2ccc(F)cc2)c1. The first-order valence-electron chi connectivity index (χ1n) is 8.29. The Morgan fingerprint density at radius 2 is 1.73 bits per heavy atom. The molecule has 6 nitrogen and oxygen atoms in total. The van der Waals surface area contributed by atoms with Gasteiger partial charge in [0.1, 0.15) is 5.82 Å². The minimum atomic E-state index is -0.331. The van der Waals surface area contributed by atoms with Gasteiger partial charge >= 0.3 is 6.03 Å². The van der Waals surface area contributed by atoms with Gasteiger partial charge in [0.05, 0.1) is 5.56 Å². The summed E-state index contributed by atoms with van der Waals surface area (Å²) in [5, 5.41) is 8.15. The average Bonchev–Trinajstić information content (AvgIpc) is 2.61. The Hall–Kier alpha value is -3.09. The highest BCUT2D eigenvalue weighted by Gasteiger charge is 2.14. The number of anilines is 2. The zero-order chi connectivity index (χ0) is 19.1. The summed E-state index contributed by atoms with van der Waals surface area (Å²) in [5.41, 5.74) is 2.48. The van der Waals surface area contributed by atoms with Gasteiger partial charge in [0, 0.05) is 38.6 Å². The Morgan fingerprint density at radius 1 is 1.04 bits per heavy atom. The van der Waals surface area contributed by atoms with Crippen LogP contribution in [0.25, 0.3) is 0 Å². The lowest BCUT2D eigenvalue weighted by atomic mass is 10.1. The largest absolute Gasteiger partial charge is 0.377 e. The average molecular weight is 358 g/mol. The van der Waals surface area contributed by atoms with Crippen molar-refractivity contribution in [1.29, 1.82) is 0 Å². The number of amides is 3. The molecule has 0 radical (unpaired) electrons. The molecule has 0 saturated carbocycles. The highest BCUT2D eigenvalue weighted by atomic mass is 19.1. The first-order chi connectivity index (χ1) is 12.4. The first-order valence-corrected chi connectivity index (χ1v) is 8.29. The van der Waals surface area contributed by atoms with Crippen LogP contribution in [0.2, 0.25) is 0 Å². The molecular weight excluding hydrogens is 335 g/mol. The Balaban J connectivity index is 2.16. The minimum absolute atomic E-state index is 0.278. The molecule has 0 unspecified atom stereocenters. The zero-order valence-corrected chi connectivity index (χ0v) is 15.1. The van der Waals surface area contributed by atoms with Crippen LogP contribution in [-0.2, 0) is 6.54 Å². The van der Waals surface area contributed by atoms with Gasteiger partial charge < -0.3 is 20.9 Å². The second kappa shape index (κ2) is 8.84. The standard InChI is InChI=1S/C19H23FN4O2/c1-4-21-19(26)23-15-9-10-17(24(2)3)16(11-15)18(25)22-12-13-5-7-14(20)8-6-13/h5-11H,4,12H2,1-3H3,(H,22,25)(H2,21,23,26). The van der Waals surface area contributed by atoms with Crippen molar-refractivity contribution >= 4 is 23.3 Å². The van der Waals surface area contributed by atoms with Gasteiger partial charge in [0.2, 0.25) is 0 Å². The molecule has 0 heterocycles. The van der Waals surface area contributed by atoms with Gasteiger partial charge in [0.15, 0.2) is 0 Å². The lowest BCUT2D eigenvalue weighted by Crippen LogP contribution is -2.29. The number of carbonyl (C=O) groups is 2. The number of rotatable bonds is 6. The fourth-order valence-corrected chi connectivity index (χ4v) is 2.40. The number of halogens is 1. The van der Waals surface area contributed by atoms with Crippen LogP contribution in [0.3, 0.4) is 0 Å². The molecule has 3 amide bonds. The van der Waals surface area contributed by atoms with E-state index in [1.165, 1.54) is 12.1 Å². The van der Waals surface area contributed by atoms with Gasteiger partial charge in [0.25, 0.3) is 5.91 Å². The van der Waals surface area contributed by atoms with Crippen molar-refractivity contribution in [3.05, 3.63) is 59.4 Å². The maximum absolute atomic E-state index is 13.0. The molecule has 7 heteroatoms. The summed E-state index contributed by atoms with van der Waals surface area (Å²) >= 11 is 0. The van der Waals surface area contributed by atoms with Gasteiger partial charge in [-0.1, -0.05) is 12.1 Å². The molecule has 2 aromatic carbocycles. The smallest absolute Gasteiger partial charge is 0.319 e. The number of nitrogens with one attached hydrogen (secondary N) is 3. The molecule has 0 aromatic heterocycles. The van der Waals surface area contributed by atoms with Crippen LogP contribution in [0, 0.1) is 5.82 Å². The number of hydrogen-bond acceptors (Lipinski definition) is 3. The fourth-order valence-electron chi connectivity index (χ4n) is 2.40. The minimum Gasteiger partial charge on any atom is -0.377 e. The number of carbonyl (C=O) groups excluding carboxylic acids is 2. The van der Waals surface area contributed by atoms with Crippen molar-refractivity contribution in [1.82, 2.24) is 10.6 Å². The summed E-state index contributed by atoms with van der Waals surface area (Å²) < 4.78 is 13.0. The quantitative estimate of drug-likeness (QED) is 0.743. The molecular formula is C19H23FN4O2. The molecule has 0 aliphatic heterocycles. The molecule has 2 rings (SSSR count). The fraction of sp³-hybridized carbons (Fsp3) is 0.263. The summed E-state index contributed by atoms with van der Waals surface area (Å²) in [6.45, 7) is 2.61. The van der Waals surface area contributed by atoms with Crippen molar-refractivity contribution < 1.29 is 14.0 Å². The Labute approximate surface area is 152 Å². The number of benzene rings is 2. The number of hydrogen-bond donors (Lipinski definition) is 3. The normalized spacial score (nSPS) is 10.2. The lowest BCUT2D eigenvalue weighted by Gasteiger charge is -2.18. The summed E-state index contributed by atoms with van der Waals surface area (Å²) in [6.07, 6.45) is 0. The van der Waals surface area contributed by atoms with Gasteiger partial charge in [-0.2, -0.15) is 0 Å². The van der Waals surface area contributed by atoms with Gasteiger partial charge in [-0.15, -0.1) is 0 Å². The van der Waals surface area contributed by atoms with Crippen molar-refractivity contribution in [2.24, 2.45) is 0 Å². The Bertz CT molecular complexity index is 776. The molecule has 0 aliphatic carbocycles. The third-order valence-corrected chi connectivity index (χ3v) is 3.68. The predicted molar refractivity (Wildman–Crippen MR) is 101 cm³/mol. The second-order valence-electron chi connectivity index (χ2n) is 5.92. The lowest BCUT2D eigenvalue weighted by molar-refractivity contribution is 0.0951. The molecule has 26 heavy (non-hydrogen) atoms. The van der Waals surface area contributed by atoms with Gasteiger partial charge in [-0.25, -0.2) is 9.18 Å². The maximum atomic E-state index is 13.0. The van der Waals surface area contributed by atoms with Crippen molar-refractivity contribution in [3.63, 3.8) is 0 Å². The van der Waals surface area contributed by atoms with E-state index in [0.29, 0.717) is 17.8 Å². The molecule has 0 atom stereocenters. The summed E-state index contributed by atoms with van der Waals surface area (Å²) in [6, 6.07) is 10.8. The van der Waals surface area contributed by atoms with Crippen LogP contribution in [0.15, 0.2) is 42.5 Å². The van der Waals surface area contributed by atoms with Crippen LogP contribution in [0.4, 0.5) is 20.6 Å². The van der Waals surface area contributed by atoms with Crippen molar-refractivity contribution in [2.45, 2.75) is 13.5 Å². The van der Waals surface area contributed by atoms with Crippen LogP contribution in [0.1, 0.15) is 22.8 Å². The summed E-state index contributed by atoms with van der Waals surface area (Å²) in [4.78, 5) is 26.1. The topological polar surface area (TPSA) is 73.5 Å². The van der Waals surface area contributed by atoms with E-state index in [1.807, 2.05) is 25.9 Å². The van der Waals surface area contributed by atoms with Crippen molar-refractivity contribution in [2.75, 3.05) is 30.9 Å². The van der Waals surface area contributed by atoms with Crippen molar-refractivity contribution in [3.8, 4) is 0 Å². The monoisotopic (exact) mass is 358 g/mol. The van der Waals surface area contributed by atoms with E-state index in [2.05, 4.69) is 16.0 Å². The van der Waals surface area contributed by atoms with Gasteiger partial charge in [-0.3, -0.25) is 4.79 Å². The number of nitrogens with zero attached hydrogens (tertiary/aromatic N) is 1. The van der Waals surface area contributed by atoms with E-state index in [1.54, 1.807) is 30.3 Å². The predicted octanol–water partition coefficient (Wildman–Crippen LogP) is 2.96. The van der Waals surface area contributed by atoms with E-state index < -0.39 is 0 Å². The van der Waals surface area contributed by atoms with Crippen LogP contribution >= 0.6 is 0 Å². The van der Waals surface area contributed by atoms with E-state index in [4.69, 9.17) is 0 Å². The second-order valence-corrected chi connectivity index (χ2v) is 5.92. The molecule has 0 bridgehead atoms. The zero-order valence-electron chi connectivity index (χ0n) is 15.1. The molecule has 3 N–H and O–H groups in total. The maximum Gasteiger partial charge on any atom is 0.319 e. The van der Waals surface area contributed by atoms with E-state index in [-0.39, 0.29) is 24.3 Å².